The molecule has 0 radical (unpaired) electrons. The number of methoxy groups -OCH3 is 2. The highest BCUT2D eigenvalue weighted by Crippen LogP contribution is 2.19. The maximum absolute atomic E-state index is 13.1. The lowest BCUT2D eigenvalue weighted by Crippen LogP contribution is -2.49. The van der Waals surface area contributed by atoms with Gasteiger partial charge in [0.25, 0.3) is 0 Å². The van der Waals surface area contributed by atoms with Crippen molar-refractivity contribution in [1.82, 2.24) is 10.2 Å². The topological polar surface area (TPSA) is 67.9 Å². The minimum absolute atomic E-state index is 0.0114. The fourth-order valence-corrected chi connectivity index (χ4v) is 3.85. The average molecular weight is 445 g/mol. The summed E-state index contributed by atoms with van der Waals surface area (Å²) in [6.45, 7) is 5.95. The molecule has 2 rings (SSSR count). The third-order valence-corrected chi connectivity index (χ3v) is 5.75. The van der Waals surface area contributed by atoms with Crippen molar-refractivity contribution < 1.29 is 19.1 Å². The van der Waals surface area contributed by atoms with Gasteiger partial charge in [0.1, 0.15) is 17.5 Å². The molecule has 0 fully saturated rings. The number of nitrogens with one attached hydrogen (secondary N) is 1. The standard InChI is InChI=1S/C24H32N2O4S/c1-17(2)25-24(28)18(3)26(14-19-6-10-21(29-4)11-7-19)23(27)16-31-15-20-8-12-22(30-5)13-9-20/h6-13,17-18H,14-16H2,1-5H3,(H,25,28). The summed E-state index contributed by atoms with van der Waals surface area (Å²) in [5, 5.41) is 2.90. The Morgan fingerprint density at radius 3 is 1.90 bits per heavy atom. The molecule has 0 aliphatic heterocycles. The Balaban J connectivity index is 2.05. The van der Waals surface area contributed by atoms with Crippen molar-refractivity contribution in [2.45, 2.75) is 45.2 Å². The molecule has 1 atom stereocenters. The van der Waals surface area contributed by atoms with Crippen molar-refractivity contribution in [2.24, 2.45) is 0 Å². The zero-order valence-corrected chi connectivity index (χ0v) is 19.7. The Bertz CT molecular complexity index is 838. The first-order chi connectivity index (χ1) is 14.8. The van der Waals surface area contributed by atoms with E-state index in [0.29, 0.717) is 18.1 Å². The van der Waals surface area contributed by atoms with Crippen molar-refractivity contribution in [2.75, 3.05) is 20.0 Å². The zero-order valence-electron chi connectivity index (χ0n) is 18.9. The molecule has 1 N–H and O–H groups in total. The van der Waals surface area contributed by atoms with Gasteiger partial charge in [0.15, 0.2) is 0 Å². The molecular weight excluding hydrogens is 412 g/mol. The van der Waals surface area contributed by atoms with Crippen LogP contribution < -0.4 is 14.8 Å². The molecule has 0 spiro atoms. The highest BCUT2D eigenvalue weighted by Gasteiger charge is 2.26. The van der Waals surface area contributed by atoms with E-state index in [9.17, 15) is 9.59 Å². The van der Waals surface area contributed by atoms with Crippen molar-refractivity contribution in [1.29, 1.82) is 0 Å². The molecule has 2 aromatic rings. The number of carbonyl (C=O) groups is 2. The summed E-state index contributed by atoms with van der Waals surface area (Å²) in [6.07, 6.45) is 0. The van der Waals surface area contributed by atoms with Crippen LogP contribution in [0.25, 0.3) is 0 Å². The SMILES string of the molecule is COc1ccc(CSCC(=O)N(Cc2ccc(OC)cc2)C(C)C(=O)NC(C)C)cc1. The zero-order chi connectivity index (χ0) is 22.8. The molecule has 0 saturated heterocycles. The second kappa shape index (κ2) is 12.2. The van der Waals surface area contributed by atoms with Crippen LogP contribution >= 0.6 is 11.8 Å². The van der Waals surface area contributed by atoms with E-state index >= 15 is 0 Å². The van der Waals surface area contributed by atoms with E-state index in [1.54, 1.807) is 26.0 Å². The number of thioether (sulfide) groups is 1. The molecule has 0 heterocycles. The van der Waals surface area contributed by atoms with Crippen LogP contribution in [0, 0.1) is 0 Å². The second-order valence-electron chi connectivity index (χ2n) is 7.55. The fourth-order valence-electron chi connectivity index (χ4n) is 2.98. The van der Waals surface area contributed by atoms with Crippen molar-refractivity contribution in [3.8, 4) is 11.5 Å². The van der Waals surface area contributed by atoms with Gasteiger partial charge < -0.3 is 19.7 Å². The Morgan fingerprint density at radius 2 is 1.42 bits per heavy atom. The largest absolute Gasteiger partial charge is 0.497 e. The Labute approximate surface area is 189 Å². The lowest BCUT2D eigenvalue weighted by atomic mass is 10.1. The molecule has 2 aromatic carbocycles. The molecule has 0 saturated carbocycles. The van der Waals surface area contributed by atoms with Crippen LogP contribution in [0.5, 0.6) is 11.5 Å². The van der Waals surface area contributed by atoms with Crippen molar-refractivity contribution in [3.63, 3.8) is 0 Å². The predicted octanol–water partition coefficient (Wildman–Crippen LogP) is 3.88. The highest BCUT2D eigenvalue weighted by molar-refractivity contribution is 7.99. The van der Waals surface area contributed by atoms with E-state index in [1.807, 2.05) is 62.4 Å². The average Bonchev–Trinajstić information content (AvgIpc) is 2.77. The number of amides is 2. The van der Waals surface area contributed by atoms with Gasteiger partial charge in [0.2, 0.25) is 11.8 Å². The summed E-state index contributed by atoms with van der Waals surface area (Å²) in [5.74, 6) is 2.33. The molecule has 0 aliphatic rings. The molecule has 0 aliphatic carbocycles. The van der Waals surface area contributed by atoms with Crippen LogP contribution in [0.4, 0.5) is 0 Å². The van der Waals surface area contributed by atoms with Crippen molar-refractivity contribution >= 4 is 23.6 Å². The van der Waals surface area contributed by atoms with Gasteiger partial charge in [-0.05, 0) is 56.2 Å². The Hall–Kier alpha value is -2.67. The smallest absolute Gasteiger partial charge is 0.242 e. The molecule has 168 valence electrons. The van der Waals surface area contributed by atoms with Gasteiger partial charge in [-0.3, -0.25) is 9.59 Å². The third kappa shape index (κ3) is 7.83. The first-order valence-corrected chi connectivity index (χ1v) is 11.4. The van der Waals surface area contributed by atoms with Crippen LogP contribution in [0.3, 0.4) is 0 Å². The third-order valence-electron chi connectivity index (χ3n) is 4.76. The van der Waals surface area contributed by atoms with Gasteiger partial charge in [-0.2, -0.15) is 0 Å². The molecular formula is C24H32N2O4S. The van der Waals surface area contributed by atoms with E-state index in [2.05, 4.69) is 5.32 Å². The quantitative estimate of drug-likeness (QED) is 0.570. The summed E-state index contributed by atoms with van der Waals surface area (Å²) in [5.41, 5.74) is 2.06. The predicted molar refractivity (Wildman–Crippen MR) is 125 cm³/mol. The van der Waals surface area contributed by atoms with Gasteiger partial charge >= 0.3 is 0 Å². The number of rotatable bonds is 11. The van der Waals surface area contributed by atoms with Crippen LogP contribution in [0.1, 0.15) is 31.9 Å². The summed E-state index contributed by atoms with van der Waals surface area (Å²) < 4.78 is 10.4. The highest BCUT2D eigenvalue weighted by atomic mass is 32.2. The Kier molecular flexibility index (Phi) is 9.72. The summed E-state index contributed by atoms with van der Waals surface area (Å²) in [6, 6.07) is 14.8. The number of hydrogen-bond donors (Lipinski definition) is 1. The number of hydrogen-bond acceptors (Lipinski definition) is 5. The molecule has 0 aromatic heterocycles. The molecule has 0 bridgehead atoms. The van der Waals surface area contributed by atoms with Crippen LogP contribution in [-0.2, 0) is 21.9 Å². The van der Waals surface area contributed by atoms with E-state index in [-0.39, 0.29) is 17.9 Å². The lowest BCUT2D eigenvalue weighted by Gasteiger charge is -2.29. The molecule has 1 unspecified atom stereocenters. The van der Waals surface area contributed by atoms with Crippen LogP contribution in [0.15, 0.2) is 48.5 Å². The first-order valence-electron chi connectivity index (χ1n) is 10.3. The maximum atomic E-state index is 13.1. The Morgan fingerprint density at radius 1 is 0.903 bits per heavy atom. The number of benzene rings is 2. The van der Waals surface area contributed by atoms with Crippen molar-refractivity contribution in [3.05, 3.63) is 59.7 Å². The second-order valence-corrected chi connectivity index (χ2v) is 8.54. The minimum Gasteiger partial charge on any atom is -0.497 e. The maximum Gasteiger partial charge on any atom is 0.242 e. The molecule has 31 heavy (non-hydrogen) atoms. The van der Waals surface area contributed by atoms with E-state index in [1.165, 1.54) is 11.8 Å². The molecule has 6 nitrogen and oxygen atoms in total. The van der Waals surface area contributed by atoms with Gasteiger partial charge in [-0.1, -0.05) is 24.3 Å². The van der Waals surface area contributed by atoms with Gasteiger partial charge in [-0.25, -0.2) is 0 Å². The normalized spacial score (nSPS) is 11.7. The monoisotopic (exact) mass is 444 g/mol. The molecule has 2 amide bonds. The van der Waals surface area contributed by atoms with E-state index < -0.39 is 6.04 Å². The van der Waals surface area contributed by atoms with Gasteiger partial charge in [0.05, 0.1) is 20.0 Å². The number of carbonyl (C=O) groups excluding carboxylic acids is 2. The van der Waals surface area contributed by atoms with Gasteiger partial charge in [0, 0.05) is 18.3 Å². The van der Waals surface area contributed by atoms with E-state index in [0.717, 1.165) is 22.6 Å². The summed E-state index contributed by atoms with van der Waals surface area (Å²) in [7, 11) is 3.25. The van der Waals surface area contributed by atoms with Crippen LogP contribution in [-0.4, -0.2) is 48.8 Å². The fraction of sp³-hybridized carbons (Fsp3) is 0.417. The molecule has 7 heteroatoms. The minimum atomic E-state index is -0.571. The summed E-state index contributed by atoms with van der Waals surface area (Å²) >= 11 is 1.53. The lowest BCUT2D eigenvalue weighted by molar-refractivity contribution is -0.138. The number of ether oxygens (including phenoxy) is 2. The first kappa shape index (κ1) is 24.6. The van der Waals surface area contributed by atoms with Gasteiger partial charge in [-0.15, -0.1) is 11.8 Å². The van der Waals surface area contributed by atoms with E-state index in [4.69, 9.17) is 9.47 Å². The summed E-state index contributed by atoms with van der Waals surface area (Å²) in [4.78, 5) is 27.3. The van der Waals surface area contributed by atoms with Crippen LogP contribution in [0.2, 0.25) is 0 Å². The number of nitrogens with zero attached hydrogens (tertiary/aromatic N) is 1.